The van der Waals surface area contributed by atoms with Crippen LogP contribution < -0.4 is 5.84 Å². The van der Waals surface area contributed by atoms with Crippen molar-refractivity contribution in [2.45, 2.75) is 17.3 Å². The van der Waals surface area contributed by atoms with Crippen molar-refractivity contribution in [1.29, 1.82) is 5.26 Å². The van der Waals surface area contributed by atoms with Gasteiger partial charge in [-0.3, -0.25) is 0 Å². The molecule has 0 aliphatic heterocycles. The molecule has 1 aromatic carbocycles. The third-order valence-electron chi connectivity index (χ3n) is 2.30. The highest BCUT2D eigenvalue weighted by Gasteiger charge is 2.16. The number of halogens is 2. The van der Waals surface area contributed by atoms with Gasteiger partial charge in [0.25, 0.3) is 0 Å². The highest BCUT2D eigenvalue weighted by Crippen LogP contribution is 2.30. The van der Waals surface area contributed by atoms with E-state index < -0.39 is 0 Å². The van der Waals surface area contributed by atoms with E-state index in [1.165, 1.54) is 16.4 Å². The summed E-state index contributed by atoms with van der Waals surface area (Å²) in [7, 11) is 0. The zero-order valence-corrected chi connectivity index (χ0v) is 12.2. The van der Waals surface area contributed by atoms with Crippen molar-refractivity contribution < 1.29 is 0 Å². The molecule has 1 heterocycles. The highest BCUT2D eigenvalue weighted by molar-refractivity contribution is 8.00. The van der Waals surface area contributed by atoms with Crippen LogP contribution in [0.5, 0.6) is 0 Å². The Kier molecular flexibility index (Phi) is 4.20. The maximum absolute atomic E-state index is 8.78. The molecule has 0 spiro atoms. The Morgan fingerprint density at radius 2 is 2.16 bits per heavy atom. The van der Waals surface area contributed by atoms with Gasteiger partial charge in [0.15, 0.2) is 5.82 Å². The van der Waals surface area contributed by atoms with Gasteiger partial charge in [0.2, 0.25) is 5.16 Å². The number of hydrogen-bond donors (Lipinski definition) is 1. The van der Waals surface area contributed by atoms with Crippen LogP contribution in [-0.4, -0.2) is 20.1 Å². The minimum Gasteiger partial charge on any atom is -0.335 e. The number of nitriles is 1. The first-order valence-electron chi connectivity index (χ1n) is 5.25. The largest absolute Gasteiger partial charge is 0.335 e. The van der Waals surface area contributed by atoms with Crippen molar-refractivity contribution in [3.63, 3.8) is 0 Å². The van der Waals surface area contributed by atoms with E-state index in [1.807, 2.05) is 0 Å². The predicted molar refractivity (Wildman–Crippen MR) is 76.6 cm³/mol. The average Bonchev–Trinajstić information content (AvgIpc) is 2.71. The number of aromatic nitrogens is 3. The summed E-state index contributed by atoms with van der Waals surface area (Å²) >= 11 is 13.2. The molecule has 0 unspecified atom stereocenters. The maximum Gasteiger partial charge on any atom is 0.211 e. The Morgan fingerprint density at radius 3 is 2.79 bits per heavy atom. The Balaban J connectivity index is 2.39. The lowest BCUT2D eigenvalue weighted by atomic mass is 10.2. The molecule has 98 valence electrons. The molecule has 0 saturated heterocycles. The molecule has 5 nitrogen and oxygen atoms in total. The second-order valence-electron chi connectivity index (χ2n) is 3.69. The van der Waals surface area contributed by atoms with Gasteiger partial charge in [0.1, 0.15) is 0 Å². The lowest BCUT2D eigenvalue weighted by molar-refractivity contribution is 0.848. The Bertz CT molecular complexity index is 649. The SMILES string of the molecule is C[C@@H](C#N)Sc1nnc(-c2ccc(Cl)cc2Cl)n1N. The van der Waals surface area contributed by atoms with Gasteiger partial charge in [0.05, 0.1) is 16.3 Å². The fraction of sp³-hybridized carbons (Fsp3) is 0.182. The van der Waals surface area contributed by atoms with E-state index in [-0.39, 0.29) is 5.25 Å². The standard InChI is InChI=1S/C11H9Cl2N5S/c1-6(5-14)19-11-17-16-10(18(11)15)8-3-2-7(12)4-9(8)13/h2-4,6H,15H2,1H3/t6-/m0/s1. The molecular weight excluding hydrogens is 305 g/mol. The molecule has 0 saturated carbocycles. The molecule has 2 rings (SSSR count). The molecule has 2 N–H and O–H groups in total. The molecule has 0 aliphatic rings. The first-order chi connectivity index (χ1) is 9.02. The Morgan fingerprint density at radius 1 is 1.42 bits per heavy atom. The summed E-state index contributed by atoms with van der Waals surface area (Å²) in [6.45, 7) is 1.76. The first-order valence-corrected chi connectivity index (χ1v) is 6.88. The van der Waals surface area contributed by atoms with Crippen LogP contribution in [0.2, 0.25) is 10.0 Å². The zero-order chi connectivity index (χ0) is 14.0. The first kappa shape index (κ1) is 14.0. The molecule has 0 radical (unpaired) electrons. The number of nitrogens with two attached hydrogens (primary N) is 1. The maximum atomic E-state index is 8.78. The summed E-state index contributed by atoms with van der Waals surface area (Å²) in [5.74, 6) is 6.34. The van der Waals surface area contributed by atoms with E-state index in [2.05, 4.69) is 16.3 Å². The van der Waals surface area contributed by atoms with Gasteiger partial charge in [-0.1, -0.05) is 35.0 Å². The molecular formula is C11H9Cl2N5S. The van der Waals surface area contributed by atoms with Crippen LogP contribution in [0.3, 0.4) is 0 Å². The fourth-order valence-corrected chi connectivity index (χ4v) is 2.55. The van der Waals surface area contributed by atoms with Gasteiger partial charge in [-0.15, -0.1) is 10.2 Å². The second kappa shape index (κ2) is 5.70. The van der Waals surface area contributed by atoms with Crippen molar-refractivity contribution >= 4 is 35.0 Å². The highest BCUT2D eigenvalue weighted by atomic mass is 35.5. The molecule has 19 heavy (non-hydrogen) atoms. The molecule has 0 aliphatic carbocycles. The monoisotopic (exact) mass is 313 g/mol. The number of rotatable bonds is 3. The minimum absolute atomic E-state index is 0.264. The summed E-state index contributed by atoms with van der Waals surface area (Å²) in [5.41, 5.74) is 0.637. The average molecular weight is 314 g/mol. The van der Waals surface area contributed by atoms with Gasteiger partial charge in [0, 0.05) is 10.6 Å². The van der Waals surface area contributed by atoms with Gasteiger partial charge in [-0.2, -0.15) is 5.26 Å². The molecule has 0 amide bonds. The van der Waals surface area contributed by atoms with Gasteiger partial charge in [-0.05, 0) is 25.1 Å². The second-order valence-corrected chi connectivity index (χ2v) is 5.84. The van der Waals surface area contributed by atoms with E-state index >= 15 is 0 Å². The van der Waals surface area contributed by atoms with Crippen molar-refractivity contribution in [2.75, 3.05) is 5.84 Å². The molecule has 0 fully saturated rings. The third-order valence-corrected chi connectivity index (χ3v) is 3.80. The minimum atomic E-state index is -0.264. The Labute approximate surface area is 124 Å². The number of hydrogen-bond acceptors (Lipinski definition) is 5. The Hall–Kier alpha value is -1.42. The summed E-state index contributed by atoms with van der Waals surface area (Å²) in [6, 6.07) is 7.12. The third kappa shape index (κ3) is 2.95. The quantitative estimate of drug-likeness (QED) is 0.696. The van der Waals surface area contributed by atoms with E-state index in [4.69, 9.17) is 34.3 Å². The van der Waals surface area contributed by atoms with Crippen LogP contribution in [0, 0.1) is 11.3 Å². The van der Waals surface area contributed by atoms with E-state index in [0.29, 0.717) is 26.6 Å². The van der Waals surface area contributed by atoms with Crippen molar-refractivity contribution in [1.82, 2.24) is 14.9 Å². The molecule has 2 aromatic rings. The van der Waals surface area contributed by atoms with Crippen molar-refractivity contribution in [3.8, 4) is 17.5 Å². The zero-order valence-electron chi connectivity index (χ0n) is 9.84. The summed E-state index contributed by atoms with van der Waals surface area (Å²) < 4.78 is 1.31. The summed E-state index contributed by atoms with van der Waals surface area (Å²) in [6.07, 6.45) is 0. The van der Waals surface area contributed by atoms with E-state index in [0.717, 1.165) is 0 Å². The molecule has 8 heteroatoms. The smallest absolute Gasteiger partial charge is 0.211 e. The van der Waals surface area contributed by atoms with E-state index in [1.54, 1.807) is 25.1 Å². The van der Waals surface area contributed by atoms with Crippen molar-refractivity contribution in [3.05, 3.63) is 28.2 Å². The van der Waals surface area contributed by atoms with Crippen molar-refractivity contribution in [2.24, 2.45) is 0 Å². The van der Waals surface area contributed by atoms with Crippen LogP contribution in [0.1, 0.15) is 6.92 Å². The molecule has 1 atom stereocenters. The number of thioether (sulfide) groups is 1. The van der Waals surface area contributed by atoms with Gasteiger partial charge in [-0.25, -0.2) is 4.68 Å². The van der Waals surface area contributed by atoms with Crippen LogP contribution >= 0.6 is 35.0 Å². The summed E-state index contributed by atoms with van der Waals surface area (Å²) in [5, 5.41) is 17.9. The van der Waals surface area contributed by atoms with Gasteiger partial charge >= 0.3 is 0 Å². The number of nitrogen functional groups attached to an aromatic ring is 1. The lowest BCUT2D eigenvalue weighted by Crippen LogP contribution is -2.12. The predicted octanol–water partition coefficient (Wildman–Crippen LogP) is 2.97. The van der Waals surface area contributed by atoms with Crippen LogP contribution in [-0.2, 0) is 0 Å². The van der Waals surface area contributed by atoms with Crippen LogP contribution in [0.15, 0.2) is 23.4 Å². The summed E-state index contributed by atoms with van der Waals surface area (Å²) in [4.78, 5) is 0. The lowest BCUT2D eigenvalue weighted by Gasteiger charge is -2.06. The number of benzene rings is 1. The fourth-order valence-electron chi connectivity index (χ4n) is 1.40. The van der Waals surface area contributed by atoms with E-state index in [9.17, 15) is 0 Å². The molecule has 1 aromatic heterocycles. The van der Waals surface area contributed by atoms with Crippen LogP contribution in [0.25, 0.3) is 11.4 Å². The molecule has 0 bridgehead atoms. The van der Waals surface area contributed by atoms with Gasteiger partial charge < -0.3 is 5.84 Å². The topological polar surface area (TPSA) is 80.5 Å². The normalized spacial score (nSPS) is 12.1. The van der Waals surface area contributed by atoms with Crippen LogP contribution in [0.4, 0.5) is 0 Å². The number of nitrogens with zero attached hydrogens (tertiary/aromatic N) is 4.